The molecule has 7 nitrogen and oxygen atoms in total. The predicted octanol–water partition coefficient (Wildman–Crippen LogP) is 3.16. The maximum atomic E-state index is 12.8. The van der Waals surface area contributed by atoms with Crippen molar-refractivity contribution in [2.45, 2.75) is 32.4 Å². The van der Waals surface area contributed by atoms with Crippen molar-refractivity contribution in [3.05, 3.63) is 81.4 Å². The Balaban J connectivity index is 1.92. The van der Waals surface area contributed by atoms with Crippen LogP contribution in [0.25, 0.3) is 5.65 Å². The quantitative estimate of drug-likeness (QED) is 0.627. The van der Waals surface area contributed by atoms with Crippen molar-refractivity contribution in [2.75, 3.05) is 0 Å². The Hall–Kier alpha value is -3.19. The second-order valence-corrected chi connectivity index (χ2v) is 7.10. The molecule has 0 spiro atoms. The van der Waals surface area contributed by atoms with Crippen LogP contribution in [0.4, 0.5) is 0 Å². The SMILES string of the molecule is CC(C)OC(=O)CC(NC(=O)c1cnc2ccccn2c1=O)c1ccccc1Cl. The molecule has 3 rings (SSSR count). The molecule has 1 amide bonds. The number of hydrogen-bond acceptors (Lipinski definition) is 5. The van der Waals surface area contributed by atoms with Crippen LogP contribution in [0, 0.1) is 0 Å². The lowest BCUT2D eigenvalue weighted by molar-refractivity contribution is -0.147. The molecule has 2 heterocycles. The van der Waals surface area contributed by atoms with Crippen molar-refractivity contribution in [1.82, 2.24) is 14.7 Å². The highest BCUT2D eigenvalue weighted by molar-refractivity contribution is 6.31. The molecule has 0 bridgehead atoms. The van der Waals surface area contributed by atoms with Gasteiger partial charge in [-0.1, -0.05) is 35.9 Å². The minimum absolute atomic E-state index is 0.129. The highest BCUT2D eigenvalue weighted by atomic mass is 35.5. The first-order valence-electron chi connectivity index (χ1n) is 9.08. The van der Waals surface area contributed by atoms with Gasteiger partial charge in [-0.25, -0.2) is 4.98 Å². The average molecular weight is 414 g/mol. The van der Waals surface area contributed by atoms with Gasteiger partial charge in [-0.3, -0.25) is 18.8 Å². The second-order valence-electron chi connectivity index (χ2n) is 6.70. The number of ether oxygens (including phenoxy) is 1. The first kappa shape index (κ1) is 20.5. The van der Waals surface area contributed by atoms with E-state index in [2.05, 4.69) is 10.3 Å². The zero-order chi connectivity index (χ0) is 21.0. The van der Waals surface area contributed by atoms with E-state index < -0.39 is 23.5 Å². The van der Waals surface area contributed by atoms with Gasteiger partial charge in [0.2, 0.25) is 0 Å². The fraction of sp³-hybridized carbons (Fsp3) is 0.238. The number of amides is 1. The fourth-order valence-corrected chi connectivity index (χ4v) is 3.16. The van der Waals surface area contributed by atoms with Gasteiger partial charge in [0.05, 0.1) is 18.6 Å². The third kappa shape index (κ3) is 4.81. The van der Waals surface area contributed by atoms with Gasteiger partial charge in [0.1, 0.15) is 11.2 Å². The van der Waals surface area contributed by atoms with Crippen LogP contribution in [0.2, 0.25) is 5.02 Å². The smallest absolute Gasteiger partial charge is 0.308 e. The van der Waals surface area contributed by atoms with Crippen LogP contribution in [-0.4, -0.2) is 27.4 Å². The Labute approximate surface area is 172 Å². The molecule has 0 saturated carbocycles. The summed E-state index contributed by atoms with van der Waals surface area (Å²) in [5.41, 5.74) is 0.341. The summed E-state index contributed by atoms with van der Waals surface area (Å²) in [5, 5.41) is 3.11. The van der Waals surface area contributed by atoms with Crippen LogP contribution in [0.3, 0.4) is 0 Å². The maximum Gasteiger partial charge on any atom is 0.308 e. The Morgan fingerprint density at radius 1 is 1.17 bits per heavy atom. The molecule has 0 aliphatic carbocycles. The summed E-state index contributed by atoms with van der Waals surface area (Å²) in [5.74, 6) is -1.14. The van der Waals surface area contributed by atoms with Crippen molar-refractivity contribution in [1.29, 1.82) is 0 Å². The fourth-order valence-electron chi connectivity index (χ4n) is 2.89. The normalized spacial score (nSPS) is 12.0. The number of pyridine rings is 1. The molecule has 0 saturated heterocycles. The maximum absolute atomic E-state index is 12.8. The minimum atomic E-state index is -0.765. The summed E-state index contributed by atoms with van der Waals surface area (Å²) in [4.78, 5) is 41.9. The molecule has 0 aliphatic heterocycles. The Morgan fingerprint density at radius 2 is 1.90 bits per heavy atom. The van der Waals surface area contributed by atoms with Crippen molar-refractivity contribution >= 4 is 29.1 Å². The lowest BCUT2D eigenvalue weighted by Crippen LogP contribution is -2.35. The molecule has 1 aromatic carbocycles. The molecule has 29 heavy (non-hydrogen) atoms. The van der Waals surface area contributed by atoms with E-state index in [9.17, 15) is 14.4 Å². The molecular formula is C21H20ClN3O4. The standard InChI is InChI=1S/C21H20ClN3O4/c1-13(2)29-19(26)11-17(14-7-3-4-8-16(14)22)24-20(27)15-12-23-18-9-5-6-10-25(18)21(15)28/h3-10,12-13,17H,11H2,1-2H3,(H,24,27). The number of hydrogen-bond donors (Lipinski definition) is 1. The van der Waals surface area contributed by atoms with E-state index in [4.69, 9.17) is 16.3 Å². The third-order valence-corrected chi connectivity index (χ3v) is 4.53. The van der Waals surface area contributed by atoms with Crippen LogP contribution in [0.5, 0.6) is 0 Å². The summed E-state index contributed by atoms with van der Waals surface area (Å²) in [6.07, 6.45) is 2.34. The monoisotopic (exact) mass is 413 g/mol. The predicted molar refractivity (Wildman–Crippen MR) is 109 cm³/mol. The van der Waals surface area contributed by atoms with Gasteiger partial charge in [-0.15, -0.1) is 0 Å². The van der Waals surface area contributed by atoms with Gasteiger partial charge >= 0.3 is 5.97 Å². The summed E-state index contributed by atoms with van der Waals surface area (Å²) in [6, 6.07) is 11.2. The summed E-state index contributed by atoms with van der Waals surface area (Å²) in [7, 11) is 0. The van der Waals surface area contributed by atoms with Gasteiger partial charge < -0.3 is 10.1 Å². The number of nitrogens with one attached hydrogen (secondary N) is 1. The van der Waals surface area contributed by atoms with Crippen molar-refractivity contribution in [3.63, 3.8) is 0 Å². The topological polar surface area (TPSA) is 89.8 Å². The van der Waals surface area contributed by atoms with E-state index in [1.807, 2.05) is 0 Å². The molecule has 3 aromatic rings. The van der Waals surface area contributed by atoms with Gasteiger partial charge in [-0.05, 0) is 37.6 Å². The Kier molecular flexibility index (Phi) is 6.29. The van der Waals surface area contributed by atoms with Crippen LogP contribution in [0.1, 0.15) is 42.2 Å². The van der Waals surface area contributed by atoms with Crippen molar-refractivity contribution in [3.8, 4) is 0 Å². The molecule has 1 atom stereocenters. The van der Waals surface area contributed by atoms with E-state index in [0.717, 1.165) is 0 Å². The van der Waals surface area contributed by atoms with Crippen molar-refractivity contribution in [2.24, 2.45) is 0 Å². The zero-order valence-electron chi connectivity index (χ0n) is 16.0. The molecule has 8 heteroatoms. The van der Waals surface area contributed by atoms with Crippen LogP contribution < -0.4 is 10.9 Å². The number of carbonyl (C=O) groups is 2. The number of esters is 1. The summed E-state index contributed by atoms with van der Waals surface area (Å²) in [6.45, 7) is 3.48. The highest BCUT2D eigenvalue weighted by Crippen LogP contribution is 2.26. The summed E-state index contributed by atoms with van der Waals surface area (Å²) < 4.78 is 6.48. The van der Waals surface area contributed by atoms with E-state index >= 15 is 0 Å². The van der Waals surface area contributed by atoms with Gasteiger partial charge in [0, 0.05) is 17.4 Å². The minimum Gasteiger partial charge on any atom is -0.463 e. The van der Waals surface area contributed by atoms with Crippen molar-refractivity contribution < 1.29 is 14.3 Å². The van der Waals surface area contributed by atoms with Gasteiger partial charge in [0.15, 0.2) is 0 Å². The van der Waals surface area contributed by atoms with E-state index in [1.165, 1.54) is 16.8 Å². The molecule has 2 aromatic heterocycles. The number of carbonyl (C=O) groups excluding carboxylic acids is 2. The largest absolute Gasteiger partial charge is 0.463 e. The number of halogens is 1. The molecule has 1 N–H and O–H groups in total. The lowest BCUT2D eigenvalue weighted by Gasteiger charge is -2.20. The van der Waals surface area contributed by atoms with Crippen LogP contribution in [-0.2, 0) is 9.53 Å². The summed E-state index contributed by atoms with van der Waals surface area (Å²) >= 11 is 6.27. The first-order valence-corrected chi connectivity index (χ1v) is 9.45. The van der Waals surface area contributed by atoms with Crippen LogP contribution >= 0.6 is 11.6 Å². The van der Waals surface area contributed by atoms with E-state index in [-0.39, 0.29) is 18.1 Å². The second kappa shape index (κ2) is 8.87. The van der Waals surface area contributed by atoms with E-state index in [0.29, 0.717) is 16.2 Å². The van der Waals surface area contributed by atoms with Gasteiger partial charge in [-0.2, -0.15) is 0 Å². The Bertz CT molecular complexity index is 1110. The van der Waals surface area contributed by atoms with Crippen LogP contribution in [0.15, 0.2) is 59.7 Å². The molecular weight excluding hydrogens is 394 g/mol. The van der Waals surface area contributed by atoms with Gasteiger partial charge in [0.25, 0.3) is 11.5 Å². The third-order valence-electron chi connectivity index (χ3n) is 4.18. The zero-order valence-corrected chi connectivity index (χ0v) is 16.7. The number of nitrogens with zero attached hydrogens (tertiary/aromatic N) is 2. The molecule has 1 unspecified atom stereocenters. The highest BCUT2D eigenvalue weighted by Gasteiger charge is 2.24. The number of fused-ring (bicyclic) bond motifs is 1. The molecule has 0 aliphatic rings. The van der Waals surface area contributed by atoms with E-state index in [1.54, 1.807) is 56.3 Å². The Morgan fingerprint density at radius 3 is 2.62 bits per heavy atom. The first-order chi connectivity index (χ1) is 13.9. The lowest BCUT2D eigenvalue weighted by atomic mass is 10.0. The average Bonchev–Trinajstić information content (AvgIpc) is 2.67. The number of aromatic nitrogens is 2. The number of rotatable bonds is 6. The molecule has 150 valence electrons. The molecule has 0 fully saturated rings. The number of benzene rings is 1. The molecule has 0 radical (unpaired) electrons.